The topological polar surface area (TPSA) is 81.6 Å². The molecule has 1 atom stereocenters. The van der Waals surface area contributed by atoms with Gasteiger partial charge in [0.2, 0.25) is 0 Å². The highest BCUT2D eigenvalue weighted by Gasteiger charge is 2.21. The van der Waals surface area contributed by atoms with E-state index in [0.29, 0.717) is 23.6 Å². The van der Waals surface area contributed by atoms with Crippen LogP contribution in [0.15, 0.2) is 55.2 Å². The molecule has 4 aromatic rings. The highest BCUT2D eigenvalue weighted by molar-refractivity contribution is 5.68. The number of rotatable bonds is 6. The van der Waals surface area contributed by atoms with Crippen LogP contribution in [0.25, 0.3) is 11.3 Å². The van der Waals surface area contributed by atoms with Crippen LogP contribution in [0.5, 0.6) is 5.75 Å². The molecule has 0 bridgehead atoms. The van der Waals surface area contributed by atoms with Gasteiger partial charge in [-0.1, -0.05) is 0 Å². The molecule has 3 aromatic heterocycles. The summed E-state index contributed by atoms with van der Waals surface area (Å²) in [5.41, 5.74) is 4.41. The Kier molecular flexibility index (Phi) is 5.50. The third-order valence-electron chi connectivity index (χ3n) is 5.08. The van der Waals surface area contributed by atoms with Gasteiger partial charge in [-0.2, -0.15) is 10.4 Å². The number of nitrogens with zero attached hydrogens (tertiary/aromatic N) is 6. The van der Waals surface area contributed by atoms with Gasteiger partial charge in [0, 0.05) is 36.1 Å². The molecule has 0 amide bonds. The lowest BCUT2D eigenvalue weighted by molar-refractivity contribution is 0.224. The smallest absolute Gasteiger partial charge is 0.158 e. The van der Waals surface area contributed by atoms with Crippen molar-refractivity contribution in [1.82, 2.24) is 24.3 Å². The number of benzene rings is 1. The number of hydrogen-bond acceptors (Lipinski definition) is 5. The molecule has 4 rings (SSSR count). The van der Waals surface area contributed by atoms with Crippen molar-refractivity contribution in [3.8, 4) is 23.1 Å². The first kappa shape index (κ1) is 20.3. The fraction of sp³-hybridized carbons (Fsp3) is 0.217. The average Bonchev–Trinajstić information content (AvgIpc) is 3.36. The van der Waals surface area contributed by atoms with Gasteiger partial charge in [0.15, 0.2) is 5.69 Å². The maximum absolute atomic E-state index is 14.2. The van der Waals surface area contributed by atoms with Gasteiger partial charge in [0.25, 0.3) is 0 Å². The van der Waals surface area contributed by atoms with Crippen LogP contribution in [0, 0.1) is 24.1 Å². The van der Waals surface area contributed by atoms with Gasteiger partial charge in [-0.25, -0.2) is 9.37 Å². The van der Waals surface area contributed by atoms with E-state index < -0.39 is 6.10 Å². The van der Waals surface area contributed by atoms with Crippen LogP contribution in [0.2, 0.25) is 0 Å². The van der Waals surface area contributed by atoms with Crippen LogP contribution < -0.4 is 4.74 Å². The van der Waals surface area contributed by atoms with Crippen molar-refractivity contribution < 1.29 is 9.13 Å². The quantitative estimate of drug-likeness (QED) is 0.471. The van der Waals surface area contributed by atoms with Crippen LogP contribution in [0.1, 0.15) is 35.5 Å². The van der Waals surface area contributed by atoms with Crippen molar-refractivity contribution in [2.45, 2.75) is 26.5 Å². The number of halogens is 1. The largest absolute Gasteiger partial charge is 0.484 e. The predicted octanol–water partition coefficient (Wildman–Crippen LogP) is 4.19. The lowest BCUT2D eigenvalue weighted by atomic mass is 9.97. The first-order valence-corrected chi connectivity index (χ1v) is 9.77. The Morgan fingerprint density at radius 2 is 2.10 bits per heavy atom. The Bertz CT molecular complexity index is 1270. The molecule has 0 radical (unpaired) electrons. The molecule has 0 aliphatic carbocycles. The predicted molar refractivity (Wildman–Crippen MR) is 113 cm³/mol. The van der Waals surface area contributed by atoms with Gasteiger partial charge >= 0.3 is 0 Å². The van der Waals surface area contributed by atoms with Crippen LogP contribution in [-0.4, -0.2) is 24.3 Å². The molecule has 0 N–H and O–H groups in total. The molecule has 0 aliphatic rings. The highest BCUT2D eigenvalue weighted by Crippen LogP contribution is 2.34. The highest BCUT2D eigenvalue weighted by atomic mass is 19.1. The van der Waals surface area contributed by atoms with E-state index in [9.17, 15) is 4.39 Å². The number of aryl methyl sites for hydroxylation is 2. The molecule has 156 valence electrons. The monoisotopic (exact) mass is 416 g/mol. The standard InChI is InChI=1S/C23H21FN6O/c1-15-22(5-4-8-26-15)31-16(2)21-9-18(24)6-7-20(21)23-17(11-28-29(23)3)12-30-13-19(10-25)27-14-30/h4-9,11,13-14,16H,12H2,1-3H3. The molecule has 7 nitrogen and oxygen atoms in total. The second-order valence-electron chi connectivity index (χ2n) is 7.26. The second-order valence-corrected chi connectivity index (χ2v) is 7.26. The second kappa shape index (κ2) is 8.40. The fourth-order valence-corrected chi connectivity index (χ4v) is 3.58. The maximum atomic E-state index is 14.2. The van der Waals surface area contributed by atoms with Crippen LogP contribution in [0.4, 0.5) is 4.39 Å². The van der Waals surface area contributed by atoms with Crippen molar-refractivity contribution >= 4 is 0 Å². The van der Waals surface area contributed by atoms with Crippen LogP contribution >= 0.6 is 0 Å². The zero-order valence-electron chi connectivity index (χ0n) is 17.5. The summed E-state index contributed by atoms with van der Waals surface area (Å²) in [6, 6.07) is 10.4. The summed E-state index contributed by atoms with van der Waals surface area (Å²) < 4.78 is 23.9. The fourth-order valence-electron chi connectivity index (χ4n) is 3.58. The van der Waals surface area contributed by atoms with E-state index in [1.165, 1.54) is 12.1 Å². The van der Waals surface area contributed by atoms with Gasteiger partial charge < -0.3 is 9.30 Å². The van der Waals surface area contributed by atoms with Crippen molar-refractivity contribution in [2.75, 3.05) is 0 Å². The summed E-state index contributed by atoms with van der Waals surface area (Å²) in [6.45, 7) is 4.23. The summed E-state index contributed by atoms with van der Waals surface area (Å²) in [6.07, 6.45) is 6.34. The normalized spacial score (nSPS) is 11.8. The number of nitriles is 1. The molecule has 0 saturated carbocycles. The molecule has 31 heavy (non-hydrogen) atoms. The molecule has 1 aromatic carbocycles. The Labute approximate surface area is 179 Å². The molecule has 0 saturated heterocycles. The van der Waals surface area contributed by atoms with E-state index in [4.69, 9.17) is 10.00 Å². The molecule has 0 spiro atoms. The van der Waals surface area contributed by atoms with Crippen molar-refractivity contribution in [3.05, 3.63) is 83.6 Å². The third-order valence-corrected chi connectivity index (χ3v) is 5.08. The van der Waals surface area contributed by atoms with E-state index in [1.54, 1.807) is 41.7 Å². The van der Waals surface area contributed by atoms with Gasteiger partial charge in [0.05, 0.1) is 30.5 Å². The Morgan fingerprint density at radius 3 is 2.84 bits per heavy atom. The Balaban J connectivity index is 1.73. The Hall–Kier alpha value is -3.99. The molecule has 8 heteroatoms. The lowest BCUT2D eigenvalue weighted by Crippen LogP contribution is -2.09. The van der Waals surface area contributed by atoms with Gasteiger partial charge in [-0.15, -0.1) is 0 Å². The van der Waals surface area contributed by atoms with E-state index in [-0.39, 0.29) is 5.82 Å². The zero-order chi connectivity index (χ0) is 22.0. The number of pyridine rings is 1. The van der Waals surface area contributed by atoms with Crippen molar-refractivity contribution in [3.63, 3.8) is 0 Å². The number of ether oxygens (including phenoxy) is 1. The Morgan fingerprint density at radius 1 is 1.26 bits per heavy atom. The molecular weight excluding hydrogens is 395 g/mol. The maximum Gasteiger partial charge on any atom is 0.158 e. The summed E-state index contributed by atoms with van der Waals surface area (Å²) in [4.78, 5) is 8.31. The minimum absolute atomic E-state index is 0.339. The van der Waals surface area contributed by atoms with Gasteiger partial charge in [-0.3, -0.25) is 9.67 Å². The van der Waals surface area contributed by atoms with Gasteiger partial charge in [-0.05, 0) is 44.2 Å². The zero-order valence-corrected chi connectivity index (χ0v) is 17.5. The van der Waals surface area contributed by atoms with E-state index in [0.717, 1.165) is 22.5 Å². The summed E-state index contributed by atoms with van der Waals surface area (Å²) in [5, 5.41) is 13.4. The van der Waals surface area contributed by atoms with E-state index in [1.807, 2.05) is 37.6 Å². The van der Waals surface area contributed by atoms with Crippen LogP contribution in [-0.2, 0) is 13.6 Å². The summed E-state index contributed by atoms with van der Waals surface area (Å²) >= 11 is 0. The first-order chi connectivity index (χ1) is 15.0. The van der Waals surface area contributed by atoms with E-state index in [2.05, 4.69) is 15.1 Å². The SMILES string of the molecule is Cc1ncccc1OC(C)c1cc(F)ccc1-c1c(Cn2cnc(C#N)c2)cnn1C. The minimum atomic E-state index is -0.421. The average molecular weight is 416 g/mol. The molecular formula is C23H21FN6O. The van der Waals surface area contributed by atoms with Crippen molar-refractivity contribution in [2.24, 2.45) is 7.05 Å². The summed E-state index contributed by atoms with van der Waals surface area (Å²) in [7, 11) is 1.84. The van der Waals surface area contributed by atoms with Crippen LogP contribution in [0.3, 0.4) is 0 Å². The summed E-state index contributed by atoms with van der Waals surface area (Å²) in [5.74, 6) is 0.312. The molecule has 3 heterocycles. The van der Waals surface area contributed by atoms with E-state index >= 15 is 0 Å². The van der Waals surface area contributed by atoms with Crippen molar-refractivity contribution in [1.29, 1.82) is 5.26 Å². The first-order valence-electron chi connectivity index (χ1n) is 9.77. The number of hydrogen-bond donors (Lipinski definition) is 0. The molecule has 0 aliphatic heterocycles. The molecule has 1 unspecified atom stereocenters. The lowest BCUT2D eigenvalue weighted by Gasteiger charge is -2.20. The number of aromatic nitrogens is 5. The molecule has 0 fully saturated rings. The minimum Gasteiger partial charge on any atom is -0.484 e. The number of imidazole rings is 1. The van der Waals surface area contributed by atoms with Gasteiger partial charge in [0.1, 0.15) is 23.7 Å². The third kappa shape index (κ3) is 4.16.